The molecule has 21 heavy (non-hydrogen) atoms. The fourth-order valence-electron chi connectivity index (χ4n) is 1.81. The molecule has 0 unspecified atom stereocenters. The Bertz CT molecular complexity index is 805. The van der Waals surface area contributed by atoms with E-state index in [1.165, 1.54) is 16.8 Å². The predicted octanol–water partition coefficient (Wildman–Crippen LogP) is 2.40. The second-order valence-corrected chi connectivity index (χ2v) is 4.90. The highest BCUT2D eigenvalue weighted by Gasteiger charge is 2.15. The van der Waals surface area contributed by atoms with Gasteiger partial charge in [0, 0.05) is 30.1 Å². The molecule has 0 aliphatic carbocycles. The summed E-state index contributed by atoms with van der Waals surface area (Å²) in [6, 6.07) is 7.99. The molecule has 0 spiro atoms. The molecule has 0 saturated heterocycles. The lowest BCUT2D eigenvalue weighted by molar-refractivity contribution is -0.384. The summed E-state index contributed by atoms with van der Waals surface area (Å²) in [6.45, 7) is 0. The molecule has 104 valence electrons. The number of rotatable bonds is 3. The van der Waals surface area contributed by atoms with Crippen molar-refractivity contribution >= 4 is 21.6 Å². The van der Waals surface area contributed by atoms with Gasteiger partial charge in [-0.1, -0.05) is 0 Å². The van der Waals surface area contributed by atoms with Crippen LogP contribution in [0.5, 0.6) is 0 Å². The normalized spacial score (nSPS) is 10.5. The van der Waals surface area contributed by atoms with Crippen LogP contribution < -0.4 is 0 Å². The third-order valence-corrected chi connectivity index (χ3v) is 3.39. The van der Waals surface area contributed by atoms with Crippen LogP contribution in [0.25, 0.3) is 17.1 Å². The van der Waals surface area contributed by atoms with Crippen LogP contribution in [-0.4, -0.2) is 30.1 Å². The standard InChI is InChI=1S/C12H7BrN6O2/c13-10-6-9(19(20)21)3-4-11(10)18-12(15-16-17-18)8-2-1-5-14-7-8/h1-7H. The van der Waals surface area contributed by atoms with E-state index < -0.39 is 4.92 Å². The van der Waals surface area contributed by atoms with Gasteiger partial charge in [-0.15, -0.1) is 5.10 Å². The van der Waals surface area contributed by atoms with Gasteiger partial charge >= 0.3 is 0 Å². The van der Waals surface area contributed by atoms with Gasteiger partial charge in [-0.2, -0.15) is 4.68 Å². The van der Waals surface area contributed by atoms with Crippen LogP contribution in [0.1, 0.15) is 0 Å². The van der Waals surface area contributed by atoms with E-state index in [4.69, 9.17) is 0 Å². The van der Waals surface area contributed by atoms with E-state index in [2.05, 4.69) is 36.4 Å². The number of nitro groups is 1. The minimum Gasteiger partial charge on any atom is -0.264 e. The van der Waals surface area contributed by atoms with Crippen molar-refractivity contribution in [1.29, 1.82) is 0 Å². The van der Waals surface area contributed by atoms with Crippen LogP contribution in [0.15, 0.2) is 47.2 Å². The maximum Gasteiger partial charge on any atom is 0.270 e. The number of nitrogens with zero attached hydrogens (tertiary/aromatic N) is 6. The maximum absolute atomic E-state index is 10.8. The highest BCUT2D eigenvalue weighted by molar-refractivity contribution is 9.10. The molecule has 0 N–H and O–H groups in total. The van der Waals surface area contributed by atoms with Crippen LogP contribution in [0.2, 0.25) is 0 Å². The Morgan fingerprint density at radius 3 is 2.81 bits per heavy atom. The minimum absolute atomic E-state index is 0.0124. The average Bonchev–Trinajstić information content (AvgIpc) is 2.97. The highest BCUT2D eigenvalue weighted by atomic mass is 79.9. The van der Waals surface area contributed by atoms with Crippen molar-refractivity contribution < 1.29 is 4.92 Å². The van der Waals surface area contributed by atoms with Gasteiger partial charge in [-0.05, 0) is 44.6 Å². The molecule has 1 aromatic carbocycles. The fourth-order valence-corrected chi connectivity index (χ4v) is 2.34. The van der Waals surface area contributed by atoms with Crippen molar-refractivity contribution in [2.24, 2.45) is 0 Å². The first-order chi connectivity index (χ1) is 10.2. The Kier molecular flexibility index (Phi) is 3.40. The Hall–Kier alpha value is -2.68. The summed E-state index contributed by atoms with van der Waals surface area (Å²) in [5.41, 5.74) is 1.33. The number of halogens is 1. The molecule has 0 fully saturated rings. The average molecular weight is 347 g/mol. The number of aromatic nitrogens is 5. The zero-order valence-electron chi connectivity index (χ0n) is 10.4. The van der Waals surface area contributed by atoms with Gasteiger partial charge < -0.3 is 0 Å². The summed E-state index contributed by atoms with van der Waals surface area (Å²) in [5.74, 6) is 0.498. The third-order valence-electron chi connectivity index (χ3n) is 2.76. The van der Waals surface area contributed by atoms with Crippen molar-refractivity contribution in [2.45, 2.75) is 0 Å². The van der Waals surface area contributed by atoms with Gasteiger partial charge in [-0.25, -0.2) is 0 Å². The molecular weight excluding hydrogens is 340 g/mol. The first-order valence-corrected chi connectivity index (χ1v) is 6.59. The van der Waals surface area contributed by atoms with E-state index in [0.717, 1.165) is 5.56 Å². The molecule has 0 radical (unpaired) electrons. The lowest BCUT2D eigenvalue weighted by Gasteiger charge is -2.06. The van der Waals surface area contributed by atoms with Crippen molar-refractivity contribution in [1.82, 2.24) is 25.2 Å². The Balaban J connectivity index is 2.11. The van der Waals surface area contributed by atoms with E-state index in [1.54, 1.807) is 24.5 Å². The number of nitro benzene ring substituents is 1. The SMILES string of the molecule is O=[N+]([O-])c1ccc(-n2nnnc2-c2cccnc2)c(Br)c1. The molecule has 2 heterocycles. The second kappa shape index (κ2) is 5.37. The second-order valence-electron chi connectivity index (χ2n) is 4.05. The molecular formula is C12H7BrN6O2. The highest BCUT2D eigenvalue weighted by Crippen LogP contribution is 2.28. The molecule has 0 amide bonds. The summed E-state index contributed by atoms with van der Waals surface area (Å²) >= 11 is 3.31. The van der Waals surface area contributed by atoms with Gasteiger partial charge in [0.15, 0.2) is 5.82 Å². The number of non-ortho nitro benzene ring substituents is 1. The zero-order chi connectivity index (χ0) is 14.8. The van der Waals surface area contributed by atoms with Crippen LogP contribution in [0.4, 0.5) is 5.69 Å². The number of pyridine rings is 1. The molecule has 0 bridgehead atoms. The molecule has 2 aromatic heterocycles. The van der Waals surface area contributed by atoms with Crippen LogP contribution in [0, 0.1) is 10.1 Å². The molecule has 3 aromatic rings. The molecule has 0 atom stereocenters. The largest absolute Gasteiger partial charge is 0.270 e. The van der Waals surface area contributed by atoms with E-state index in [-0.39, 0.29) is 5.69 Å². The predicted molar refractivity (Wildman–Crippen MR) is 76.7 cm³/mol. The maximum atomic E-state index is 10.8. The van der Waals surface area contributed by atoms with Crippen molar-refractivity contribution in [3.05, 3.63) is 57.3 Å². The van der Waals surface area contributed by atoms with E-state index in [9.17, 15) is 10.1 Å². The summed E-state index contributed by atoms with van der Waals surface area (Å²) in [6.07, 6.45) is 3.29. The van der Waals surface area contributed by atoms with Gasteiger partial charge in [0.1, 0.15) is 0 Å². The number of benzene rings is 1. The van der Waals surface area contributed by atoms with Gasteiger partial charge in [0.05, 0.1) is 15.1 Å². The van der Waals surface area contributed by atoms with Crippen LogP contribution >= 0.6 is 15.9 Å². The smallest absolute Gasteiger partial charge is 0.264 e. The summed E-state index contributed by atoms with van der Waals surface area (Å²) < 4.78 is 2.01. The van der Waals surface area contributed by atoms with Crippen LogP contribution in [-0.2, 0) is 0 Å². The third kappa shape index (κ3) is 2.50. The summed E-state index contributed by atoms with van der Waals surface area (Å²) in [5, 5.41) is 22.3. The number of tetrazole rings is 1. The lowest BCUT2D eigenvalue weighted by Crippen LogP contribution is -2.01. The molecule has 0 saturated carbocycles. The topological polar surface area (TPSA) is 99.6 Å². The first-order valence-electron chi connectivity index (χ1n) is 5.80. The van der Waals surface area contributed by atoms with E-state index in [0.29, 0.717) is 16.0 Å². The molecule has 0 aliphatic rings. The monoisotopic (exact) mass is 346 g/mol. The van der Waals surface area contributed by atoms with Crippen molar-refractivity contribution in [2.75, 3.05) is 0 Å². The molecule has 3 rings (SSSR count). The Morgan fingerprint density at radius 2 is 2.14 bits per heavy atom. The molecule has 0 aliphatic heterocycles. The van der Waals surface area contributed by atoms with Gasteiger partial charge in [-0.3, -0.25) is 15.1 Å². The summed E-state index contributed by atoms with van der Waals surface area (Å²) in [7, 11) is 0. The Morgan fingerprint density at radius 1 is 1.29 bits per heavy atom. The van der Waals surface area contributed by atoms with Crippen LogP contribution in [0.3, 0.4) is 0 Å². The lowest BCUT2D eigenvalue weighted by atomic mass is 10.2. The van der Waals surface area contributed by atoms with E-state index >= 15 is 0 Å². The number of hydrogen-bond acceptors (Lipinski definition) is 6. The summed E-state index contributed by atoms with van der Waals surface area (Å²) in [4.78, 5) is 14.3. The van der Waals surface area contributed by atoms with Crippen molar-refractivity contribution in [3.8, 4) is 17.1 Å². The molecule has 9 heteroatoms. The Labute approximate surface area is 126 Å². The molecule has 8 nitrogen and oxygen atoms in total. The minimum atomic E-state index is -0.462. The zero-order valence-corrected chi connectivity index (χ0v) is 12.0. The quantitative estimate of drug-likeness (QED) is 0.533. The first kappa shape index (κ1) is 13.3. The van der Waals surface area contributed by atoms with E-state index in [1.807, 2.05) is 6.07 Å². The van der Waals surface area contributed by atoms with Crippen molar-refractivity contribution in [3.63, 3.8) is 0 Å². The van der Waals surface area contributed by atoms with Gasteiger partial charge in [0.25, 0.3) is 5.69 Å². The van der Waals surface area contributed by atoms with Gasteiger partial charge in [0.2, 0.25) is 0 Å². The number of hydrogen-bond donors (Lipinski definition) is 0. The fraction of sp³-hybridized carbons (Fsp3) is 0.